The van der Waals surface area contributed by atoms with Crippen LogP contribution in [0.2, 0.25) is 0 Å². The number of nitrogens with zero attached hydrogens (tertiary/aromatic N) is 1. The van der Waals surface area contributed by atoms with E-state index in [4.69, 9.17) is 0 Å². The summed E-state index contributed by atoms with van der Waals surface area (Å²) >= 11 is 0. The first-order valence-electron chi connectivity index (χ1n) is 8.46. The second-order valence-electron chi connectivity index (χ2n) is 6.64. The number of benzene rings is 1. The summed E-state index contributed by atoms with van der Waals surface area (Å²) in [7, 11) is 0. The van der Waals surface area contributed by atoms with Crippen LogP contribution in [0.5, 0.6) is 0 Å². The SMILES string of the molecule is O=C(C1CC(O)CN1)N1CCC(CCc2ccccc2)CC1. The third kappa shape index (κ3) is 3.87. The van der Waals surface area contributed by atoms with Gasteiger partial charge in [0.15, 0.2) is 0 Å². The normalized spacial score (nSPS) is 26.3. The van der Waals surface area contributed by atoms with Gasteiger partial charge in [0.25, 0.3) is 0 Å². The maximum absolute atomic E-state index is 12.4. The molecule has 120 valence electrons. The molecule has 0 aliphatic carbocycles. The number of carbonyl (C=O) groups excluding carboxylic acids is 1. The number of aliphatic hydroxyl groups excluding tert-OH is 1. The molecule has 2 fully saturated rings. The Labute approximate surface area is 132 Å². The minimum atomic E-state index is -0.364. The number of amides is 1. The standard InChI is InChI=1S/C18H26N2O2/c21-16-12-17(19-13-16)18(22)20-10-8-15(9-11-20)7-6-14-4-2-1-3-5-14/h1-5,15-17,19,21H,6-13H2. The molecule has 22 heavy (non-hydrogen) atoms. The predicted octanol–water partition coefficient (Wildman–Crippen LogP) is 1.58. The fraction of sp³-hybridized carbons (Fsp3) is 0.611. The fourth-order valence-electron chi connectivity index (χ4n) is 3.58. The summed E-state index contributed by atoms with van der Waals surface area (Å²) in [6.45, 7) is 2.28. The number of β-amino-alcohol motifs (C(OH)–C–C–N with tert-alkyl or cyclic N) is 1. The molecule has 2 atom stereocenters. The number of likely N-dealkylation sites (tertiary alicyclic amines) is 1. The molecule has 4 heteroatoms. The number of nitrogens with one attached hydrogen (secondary N) is 1. The molecule has 0 bridgehead atoms. The second-order valence-corrected chi connectivity index (χ2v) is 6.64. The molecule has 0 aromatic heterocycles. The van der Waals surface area contributed by atoms with Gasteiger partial charge in [-0.05, 0) is 43.6 Å². The first-order chi connectivity index (χ1) is 10.7. The Morgan fingerprint density at radius 2 is 1.95 bits per heavy atom. The van der Waals surface area contributed by atoms with Crippen LogP contribution < -0.4 is 5.32 Å². The van der Waals surface area contributed by atoms with Gasteiger partial charge in [-0.15, -0.1) is 0 Å². The van der Waals surface area contributed by atoms with Gasteiger partial charge in [-0.25, -0.2) is 0 Å². The molecular weight excluding hydrogens is 276 g/mol. The van der Waals surface area contributed by atoms with Gasteiger partial charge in [0, 0.05) is 19.6 Å². The lowest BCUT2D eigenvalue weighted by Crippen LogP contribution is -2.47. The highest BCUT2D eigenvalue weighted by Crippen LogP contribution is 2.23. The molecule has 1 amide bonds. The van der Waals surface area contributed by atoms with Gasteiger partial charge in [0.2, 0.25) is 5.91 Å². The number of carbonyl (C=O) groups is 1. The van der Waals surface area contributed by atoms with Crippen molar-refractivity contribution < 1.29 is 9.90 Å². The lowest BCUT2D eigenvalue weighted by Gasteiger charge is -2.33. The number of aryl methyl sites for hydroxylation is 1. The number of piperidine rings is 1. The van der Waals surface area contributed by atoms with Crippen molar-refractivity contribution in [3.8, 4) is 0 Å². The fourth-order valence-corrected chi connectivity index (χ4v) is 3.58. The van der Waals surface area contributed by atoms with Crippen molar-refractivity contribution in [1.82, 2.24) is 10.2 Å². The number of rotatable bonds is 4. The van der Waals surface area contributed by atoms with E-state index in [0.717, 1.165) is 38.3 Å². The molecule has 2 saturated heterocycles. The van der Waals surface area contributed by atoms with Crippen LogP contribution in [0.4, 0.5) is 0 Å². The average molecular weight is 302 g/mol. The van der Waals surface area contributed by atoms with Crippen molar-refractivity contribution >= 4 is 5.91 Å². The van der Waals surface area contributed by atoms with E-state index in [2.05, 4.69) is 35.6 Å². The monoisotopic (exact) mass is 302 g/mol. The van der Waals surface area contributed by atoms with Crippen LogP contribution in [0.25, 0.3) is 0 Å². The first kappa shape index (κ1) is 15.5. The third-order valence-electron chi connectivity index (χ3n) is 5.02. The number of hydrogen-bond donors (Lipinski definition) is 2. The molecule has 2 unspecified atom stereocenters. The summed E-state index contributed by atoms with van der Waals surface area (Å²) in [6.07, 6.45) is 4.76. The van der Waals surface area contributed by atoms with Crippen LogP contribution in [-0.4, -0.2) is 47.7 Å². The van der Waals surface area contributed by atoms with Crippen molar-refractivity contribution in [2.24, 2.45) is 5.92 Å². The van der Waals surface area contributed by atoms with Gasteiger partial charge in [-0.1, -0.05) is 30.3 Å². The van der Waals surface area contributed by atoms with E-state index >= 15 is 0 Å². The third-order valence-corrected chi connectivity index (χ3v) is 5.02. The van der Waals surface area contributed by atoms with E-state index in [1.807, 2.05) is 4.90 Å². The summed E-state index contributed by atoms with van der Waals surface area (Å²) in [4.78, 5) is 14.4. The van der Waals surface area contributed by atoms with Crippen molar-refractivity contribution in [1.29, 1.82) is 0 Å². The molecule has 2 aliphatic heterocycles. The zero-order valence-corrected chi connectivity index (χ0v) is 13.1. The molecule has 0 spiro atoms. The molecule has 0 saturated carbocycles. The largest absolute Gasteiger partial charge is 0.392 e. The van der Waals surface area contributed by atoms with Gasteiger partial charge in [-0.2, -0.15) is 0 Å². The quantitative estimate of drug-likeness (QED) is 0.888. The van der Waals surface area contributed by atoms with Crippen molar-refractivity contribution in [3.05, 3.63) is 35.9 Å². The Morgan fingerprint density at radius 1 is 1.23 bits per heavy atom. The minimum Gasteiger partial charge on any atom is -0.392 e. The van der Waals surface area contributed by atoms with E-state index in [1.165, 1.54) is 12.0 Å². The van der Waals surface area contributed by atoms with Crippen LogP contribution in [0.1, 0.15) is 31.2 Å². The second kappa shape index (κ2) is 7.25. The first-order valence-corrected chi connectivity index (χ1v) is 8.46. The van der Waals surface area contributed by atoms with Crippen LogP contribution in [0, 0.1) is 5.92 Å². The smallest absolute Gasteiger partial charge is 0.239 e. The Bertz CT molecular complexity index is 483. The lowest BCUT2D eigenvalue weighted by atomic mass is 9.90. The van der Waals surface area contributed by atoms with Crippen LogP contribution in [0.3, 0.4) is 0 Å². The summed E-state index contributed by atoms with van der Waals surface area (Å²) in [6, 6.07) is 10.5. The highest BCUT2D eigenvalue weighted by molar-refractivity contribution is 5.82. The Kier molecular flexibility index (Phi) is 5.11. The number of aliphatic hydroxyl groups is 1. The van der Waals surface area contributed by atoms with Crippen LogP contribution >= 0.6 is 0 Å². The van der Waals surface area contributed by atoms with Gasteiger partial charge >= 0.3 is 0 Å². The molecule has 1 aromatic rings. The molecule has 2 aliphatic rings. The average Bonchev–Trinajstić information content (AvgIpc) is 3.00. The Balaban J connectivity index is 1.41. The summed E-state index contributed by atoms with van der Waals surface area (Å²) in [5, 5.41) is 12.7. The van der Waals surface area contributed by atoms with E-state index in [0.29, 0.717) is 13.0 Å². The summed E-state index contributed by atoms with van der Waals surface area (Å²) < 4.78 is 0. The molecule has 2 heterocycles. The molecule has 0 radical (unpaired) electrons. The van der Waals surface area contributed by atoms with Crippen LogP contribution in [-0.2, 0) is 11.2 Å². The van der Waals surface area contributed by atoms with E-state index in [-0.39, 0.29) is 18.1 Å². The van der Waals surface area contributed by atoms with Gasteiger partial charge < -0.3 is 15.3 Å². The maximum Gasteiger partial charge on any atom is 0.239 e. The zero-order valence-electron chi connectivity index (χ0n) is 13.1. The molecule has 3 rings (SSSR count). The Hall–Kier alpha value is -1.39. The van der Waals surface area contributed by atoms with Gasteiger partial charge in [0.05, 0.1) is 12.1 Å². The summed E-state index contributed by atoms with van der Waals surface area (Å²) in [5.41, 5.74) is 1.41. The zero-order chi connectivity index (χ0) is 15.4. The Morgan fingerprint density at radius 3 is 2.59 bits per heavy atom. The van der Waals surface area contributed by atoms with E-state index in [9.17, 15) is 9.90 Å². The van der Waals surface area contributed by atoms with Crippen molar-refractivity contribution in [2.75, 3.05) is 19.6 Å². The highest BCUT2D eigenvalue weighted by Gasteiger charge is 2.32. The molecule has 1 aromatic carbocycles. The predicted molar refractivity (Wildman–Crippen MR) is 86.5 cm³/mol. The van der Waals surface area contributed by atoms with E-state index in [1.54, 1.807) is 0 Å². The topological polar surface area (TPSA) is 52.6 Å². The van der Waals surface area contributed by atoms with Crippen LogP contribution in [0.15, 0.2) is 30.3 Å². The molecule has 4 nitrogen and oxygen atoms in total. The highest BCUT2D eigenvalue weighted by atomic mass is 16.3. The number of hydrogen-bond acceptors (Lipinski definition) is 3. The minimum absolute atomic E-state index is 0.170. The lowest BCUT2D eigenvalue weighted by molar-refractivity contribution is -0.134. The van der Waals surface area contributed by atoms with Gasteiger partial charge in [0.1, 0.15) is 0 Å². The molecule has 2 N–H and O–H groups in total. The van der Waals surface area contributed by atoms with Gasteiger partial charge in [-0.3, -0.25) is 4.79 Å². The van der Waals surface area contributed by atoms with Crippen molar-refractivity contribution in [3.63, 3.8) is 0 Å². The summed E-state index contributed by atoms with van der Waals surface area (Å²) in [5.74, 6) is 0.907. The van der Waals surface area contributed by atoms with Crippen molar-refractivity contribution in [2.45, 2.75) is 44.2 Å². The maximum atomic E-state index is 12.4. The van der Waals surface area contributed by atoms with E-state index < -0.39 is 0 Å². The molecular formula is C18H26N2O2.